The highest BCUT2D eigenvalue weighted by atomic mass is 127. The van der Waals surface area contributed by atoms with Crippen LogP contribution in [0, 0.1) is 9.39 Å². The molecular weight excluding hydrogens is 458 g/mol. The molecule has 0 saturated heterocycles. The zero-order valence-electron chi connectivity index (χ0n) is 13.7. The van der Waals surface area contributed by atoms with Gasteiger partial charge in [-0.25, -0.2) is 12.8 Å². The van der Waals surface area contributed by atoms with Crippen molar-refractivity contribution in [1.82, 2.24) is 5.32 Å². The number of amides is 1. The second kappa shape index (κ2) is 8.13. The van der Waals surface area contributed by atoms with E-state index in [1.165, 1.54) is 12.1 Å². The van der Waals surface area contributed by atoms with E-state index in [9.17, 15) is 17.6 Å². The molecule has 1 N–H and O–H groups in total. The van der Waals surface area contributed by atoms with E-state index in [4.69, 9.17) is 0 Å². The molecule has 2 aromatic carbocycles. The van der Waals surface area contributed by atoms with Gasteiger partial charge in [-0.2, -0.15) is 0 Å². The molecule has 0 spiro atoms. The van der Waals surface area contributed by atoms with Crippen molar-refractivity contribution < 1.29 is 17.6 Å². The number of hydrogen-bond acceptors (Lipinski definition) is 3. The van der Waals surface area contributed by atoms with Gasteiger partial charge in [0.15, 0.2) is 0 Å². The van der Waals surface area contributed by atoms with E-state index in [-0.39, 0.29) is 18.4 Å². The van der Waals surface area contributed by atoms with Crippen molar-refractivity contribution in [3.63, 3.8) is 0 Å². The van der Waals surface area contributed by atoms with Crippen LogP contribution in [0.25, 0.3) is 0 Å². The summed E-state index contributed by atoms with van der Waals surface area (Å²) >= 11 is 2.12. The van der Waals surface area contributed by atoms with Crippen LogP contribution in [0.15, 0.2) is 48.5 Å². The number of hydrogen-bond donors (Lipinski definition) is 1. The Hall–Kier alpha value is -1.68. The third-order valence-corrected chi connectivity index (χ3v) is 5.41. The molecule has 0 aliphatic rings. The van der Waals surface area contributed by atoms with Crippen LogP contribution in [0.4, 0.5) is 10.1 Å². The third kappa shape index (κ3) is 5.67. The van der Waals surface area contributed by atoms with E-state index >= 15 is 0 Å². The highest BCUT2D eigenvalue weighted by Gasteiger charge is 2.21. The summed E-state index contributed by atoms with van der Waals surface area (Å²) in [7, 11) is -3.61. The fourth-order valence-corrected chi connectivity index (χ4v) is 3.48. The molecule has 0 heterocycles. The van der Waals surface area contributed by atoms with Crippen molar-refractivity contribution in [1.29, 1.82) is 0 Å². The molecule has 0 aromatic heterocycles. The summed E-state index contributed by atoms with van der Waals surface area (Å²) in [6.45, 7) is 1.42. The number of sulfonamides is 1. The summed E-state index contributed by atoms with van der Waals surface area (Å²) in [5, 5.41) is 2.73. The summed E-state index contributed by atoms with van der Waals surface area (Å²) in [4.78, 5) is 12.3. The Morgan fingerprint density at radius 1 is 1.16 bits per heavy atom. The quantitative estimate of drug-likeness (QED) is 0.652. The van der Waals surface area contributed by atoms with Crippen LogP contribution >= 0.6 is 22.6 Å². The fourth-order valence-electron chi connectivity index (χ4n) is 2.26. The van der Waals surface area contributed by atoms with Crippen molar-refractivity contribution in [2.45, 2.75) is 13.0 Å². The van der Waals surface area contributed by atoms with Gasteiger partial charge in [0.1, 0.15) is 12.4 Å². The van der Waals surface area contributed by atoms with Crippen LogP contribution in [-0.2, 0) is 14.8 Å². The molecule has 1 amide bonds. The summed E-state index contributed by atoms with van der Waals surface area (Å²) in [5.74, 6) is -0.801. The topological polar surface area (TPSA) is 66.5 Å². The van der Waals surface area contributed by atoms with Gasteiger partial charge in [0.2, 0.25) is 15.9 Å². The van der Waals surface area contributed by atoms with Crippen LogP contribution < -0.4 is 9.62 Å². The maximum atomic E-state index is 13.0. The lowest BCUT2D eigenvalue weighted by molar-refractivity contribution is -0.120. The minimum Gasteiger partial charge on any atom is -0.348 e. The summed E-state index contributed by atoms with van der Waals surface area (Å²) in [6.07, 6.45) is 1.06. The first kappa shape index (κ1) is 19.6. The lowest BCUT2D eigenvalue weighted by Gasteiger charge is -2.23. The number of rotatable bonds is 6. The van der Waals surface area contributed by atoms with Crippen LogP contribution in [-0.4, -0.2) is 27.1 Å². The maximum absolute atomic E-state index is 13.0. The van der Waals surface area contributed by atoms with Crippen molar-refractivity contribution in [3.8, 4) is 0 Å². The first-order valence-corrected chi connectivity index (χ1v) is 10.4. The molecule has 0 saturated carbocycles. The SMILES string of the molecule is C[C@H](NC(=O)CN(c1ccc(I)cc1)S(C)(=O)=O)c1ccc(F)cc1. The molecule has 5 nitrogen and oxygen atoms in total. The number of nitrogens with one attached hydrogen (secondary N) is 1. The van der Waals surface area contributed by atoms with E-state index < -0.39 is 15.9 Å². The van der Waals surface area contributed by atoms with E-state index in [2.05, 4.69) is 27.9 Å². The van der Waals surface area contributed by atoms with Gasteiger partial charge in [-0.1, -0.05) is 12.1 Å². The normalized spacial score (nSPS) is 12.5. The predicted molar refractivity (Wildman–Crippen MR) is 104 cm³/mol. The van der Waals surface area contributed by atoms with Crippen LogP contribution in [0.2, 0.25) is 0 Å². The Morgan fingerprint density at radius 2 is 1.72 bits per heavy atom. The summed E-state index contributed by atoms with van der Waals surface area (Å²) in [6, 6.07) is 12.3. The largest absolute Gasteiger partial charge is 0.348 e. The maximum Gasteiger partial charge on any atom is 0.241 e. The number of carbonyl (C=O) groups excluding carboxylic acids is 1. The van der Waals surface area contributed by atoms with Crippen molar-refractivity contribution >= 4 is 44.2 Å². The standard InChI is InChI=1S/C17H18FIN2O3S/c1-12(13-3-5-14(18)6-4-13)20-17(22)11-21(25(2,23)24)16-9-7-15(19)8-10-16/h3-10,12H,11H2,1-2H3,(H,20,22)/t12-/m0/s1. The minimum absolute atomic E-state index is 0.328. The molecular formula is C17H18FIN2O3S. The molecule has 0 bridgehead atoms. The molecule has 0 radical (unpaired) electrons. The van der Waals surface area contributed by atoms with Crippen molar-refractivity contribution in [2.24, 2.45) is 0 Å². The van der Waals surface area contributed by atoms with E-state index in [1.54, 1.807) is 43.3 Å². The zero-order valence-corrected chi connectivity index (χ0v) is 16.7. The number of carbonyl (C=O) groups is 1. The third-order valence-electron chi connectivity index (χ3n) is 3.55. The molecule has 0 aliphatic heterocycles. The smallest absolute Gasteiger partial charge is 0.241 e. The molecule has 134 valence electrons. The molecule has 0 unspecified atom stereocenters. The molecule has 0 fully saturated rings. The fraction of sp³-hybridized carbons (Fsp3) is 0.235. The monoisotopic (exact) mass is 476 g/mol. The number of benzene rings is 2. The van der Waals surface area contributed by atoms with E-state index in [0.29, 0.717) is 5.69 Å². The first-order chi connectivity index (χ1) is 11.7. The van der Waals surface area contributed by atoms with Crippen molar-refractivity contribution in [2.75, 3.05) is 17.1 Å². The lowest BCUT2D eigenvalue weighted by Crippen LogP contribution is -2.41. The van der Waals surface area contributed by atoms with E-state index in [0.717, 1.165) is 19.7 Å². The van der Waals surface area contributed by atoms with Gasteiger partial charge >= 0.3 is 0 Å². The Bertz CT molecular complexity index is 839. The Morgan fingerprint density at radius 3 is 2.24 bits per heavy atom. The van der Waals surface area contributed by atoms with Gasteiger partial charge < -0.3 is 5.32 Å². The van der Waals surface area contributed by atoms with Gasteiger partial charge in [0.25, 0.3) is 0 Å². The van der Waals surface area contributed by atoms with Crippen molar-refractivity contribution in [3.05, 3.63) is 63.5 Å². The molecule has 2 aromatic rings. The van der Waals surface area contributed by atoms with Crippen LogP contribution in [0.5, 0.6) is 0 Å². The zero-order chi connectivity index (χ0) is 18.6. The first-order valence-electron chi connectivity index (χ1n) is 7.45. The predicted octanol–water partition coefficient (Wildman–Crippen LogP) is 3.07. The minimum atomic E-state index is -3.61. The molecule has 8 heteroatoms. The van der Waals surface area contributed by atoms with Gasteiger partial charge in [0.05, 0.1) is 18.0 Å². The summed E-state index contributed by atoms with van der Waals surface area (Å²) < 4.78 is 39.1. The van der Waals surface area contributed by atoms with Gasteiger partial charge in [-0.05, 0) is 71.5 Å². The number of nitrogens with zero attached hydrogens (tertiary/aromatic N) is 1. The number of anilines is 1. The van der Waals surface area contributed by atoms with Crippen LogP contribution in [0.1, 0.15) is 18.5 Å². The second-order valence-electron chi connectivity index (χ2n) is 5.59. The molecule has 1 atom stereocenters. The Kier molecular flexibility index (Phi) is 6.39. The Labute approximate surface area is 160 Å². The highest BCUT2D eigenvalue weighted by molar-refractivity contribution is 14.1. The molecule has 0 aliphatic carbocycles. The molecule has 25 heavy (non-hydrogen) atoms. The number of halogens is 2. The van der Waals surface area contributed by atoms with Gasteiger partial charge in [-0.15, -0.1) is 0 Å². The average molecular weight is 476 g/mol. The van der Waals surface area contributed by atoms with E-state index in [1.807, 2.05) is 0 Å². The lowest BCUT2D eigenvalue weighted by atomic mass is 10.1. The highest BCUT2D eigenvalue weighted by Crippen LogP contribution is 2.19. The second-order valence-corrected chi connectivity index (χ2v) is 8.74. The molecule has 2 rings (SSSR count). The van der Waals surface area contributed by atoms with Crippen LogP contribution in [0.3, 0.4) is 0 Å². The average Bonchev–Trinajstić information content (AvgIpc) is 2.53. The van der Waals surface area contributed by atoms with Gasteiger partial charge in [0, 0.05) is 3.57 Å². The van der Waals surface area contributed by atoms with Gasteiger partial charge in [-0.3, -0.25) is 9.10 Å². The Balaban J connectivity index is 2.12. The summed E-state index contributed by atoms with van der Waals surface area (Å²) in [5.41, 5.74) is 1.16.